The lowest BCUT2D eigenvalue weighted by molar-refractivity contribution is 0.563. The van der Waals surface area contributed by atoms with Crippen molar-refractivity contribution in [3.05, 3.63) is 27.7 Å². The van der Waals surface area contributed by atoms with Crippen LogP contribution in [0.25, 0.3) is 0 Å². The summed E-state index contributed by atoms with van der Waals surface area (Å²) in [5, 5.41) is 0.946. The van der Waals surface area contributed by atoms with Crippen molar-refractivity contribution in [1.29, 1.82) is 0 Å². The number of alkyl halides is 1. The van der Waals surface area contributed by atoms with Gasteiger partial charge in [-0.15, -0.1) is 0 Å². The van der Waals surface area contributed by atoms with Crippen LogP contribution in [0.2, 0.25) is 5.02 Å². The first-order valence-corrected chi connectivity index (χ1v) is 8.65. The molecule has 0 heterocycles. The van der Waals surface area contributed by atoms with Crippen molar-refractivity contribution in [2.75, 3.05) is 11.9 Å². The van der Waals surface area contributed by atoms with Crippen molar-refractivity contribution >= 4 is 53.5 Å². The fourth-order valence-corrected chi connectivity index (χ4v) is 3.51. The van der Waals surface area contributed by atoms with Crippen LogP contribution in [0.1, 0.15) is 6.92 Å². The second-order valence-electron chi connectivity index (χ2n) is 3.69. The maximum absolute atomic E-state index is 12.0. The van der Waals surface area contributed by atoms with Crippen molar-refractivity contribution in [1.82, 2.24) is 4.72 Å². The summed E-state index contributed by atoms with van der Waals surface area (Å²) < 4.78 is 27.2. The normalized spacial score (nSPS) is 13.6. The van der Waals surface area contributed by atoms with Gasteiger partial charge >= 0.3 is 0 Å². The highest BCUT2D eigenvalue weighted by atomic mass is 79.9. The number of sulfonamides is 1. The fourth-order valence-electron chi connectivity index (χ4n) is 1.08. The third-order valence-corrected chi connectivity index (χ3v) is 5.57. The van der Waals surface area contributed by atoms with Gasteiger partial charge in [0, 0.05) is 16.3 Å². The first-order chi connectivity index (χ1) is 7.86. The quantitative estimate of drug-likeness (QED) is 0.763. The first kappa shape index (κ1) is 15.4. The molecule has 0 fully saturated rings. The molecule has 3 nitrogen and oxygen atoms in total. The number of benzene rings is 1. The standard InChI is InChI=1S/C10H12Br2ClNO2S/c1-7(5-11)6-14-17(15,16)10-3-2-8(12)4-9(10)13/h2-4,7,14H,5-6H2,1H3. The van der Waals surface area contributed by atoms with Crippen LogP contribution in [0.3, 0.4) is 0 Å². The van der Waals surface area contributed by atoms with Crippen molar-refractivity contribution in [3.63, 3.8) is 0 Å². The van der Waals surface area contributed by atoms with Crippen LogP contribution in [-0.2, 0) is 10.0 Å². The Hall–Kier alpha value is 0.380. The molecule has 1 unspecified atom stereocenters. The molecule has 1 N–H and O–H groups in total. The van der Waals surface area contributed by atoms with E-state index in [1.807, 2.05) is 6.92 Å². The van der Waals surface area contributed by atoms with Gasteiger partial charge < -0.3 is 0 Å². The highest BCUT2D eigenvalue weighted by Gasteiger charge is 2.18. The highest BCUT2D eigenvalue weighted by Crippen LogP contribution is 2.25. The summed E-state index contributed by atoms with van der Waals surface area (Å²) in [7, 11) is -3.54. The molecule has 0 aromatic heterocycles. The van der Waals surface area contributed by atoms with Crippen LogP contribution in [-0.4, -0.2) is 20.3 Å². The Bertz CT molecular complexity index is 493. The fraction of sp³-hybridized carbons (Fsp3) is 0.400. The van der Waals surface area contributed by atoms with Gasteiger partial charge in [-0.25, -0.2) is 13.1 Å². The predicted octanol–water partition coefficient (Wildman–Crippen LogP) is 3.41. The van der Waals surface area contributed by atoms with Crippen LogP contribution in [0.5, 0.6) is 0 Å². The van der Waals surface area contributed by atoms with E-state index in [0.717, 1.165) is 9.80 Å². The Balaban J connectivity index is 2.90. The van der Waals surface area contributed by atoms with E-state index in [1.54, 1.807) is 12.1 Å². The Kier molecular flexibility index (Phi) is 5.92. The topological polar surface area (TPSA) is 46.2 Å². The van der Waals surface area contributed by atoms with Gasteiger partial charge in [-0.2, -0.15) is 0 Å². The average Bonchev–Trinajstić information content (AvgIpc) is 2.25. The van der Waals surface area contributed by atoms with Gasteiger partial charge in [0.15, 0.2) is 0 Å². The maximum Gasteiger partial charge on any atom is 0.242 e. The molecule has 0 saturated carbocycles. The van der Waals surface area contributed by atoms with Gasteiger partial charge in [0.1, 0.15) is 4.90 Å². The molecule has 1 aromatic rings. The second-order valence-corrected chi connectivity index (χ2v) is 7.39. The molecule has 17 heavy (non-hydrogen) atoms. The lowest BCUT2D eigenvalue weighted by Crippen LogP contribution is -2.29. The summed E-state index contributed by atoms with van der Waals surface area (Å²) >= 11 is 12.4. The molecule has 0 amide bonds. The third-order valence-electron chi connectivity index (χ3n) is 2.07. The lowest BCUT2D eigenvalue weighted by Gasteiger charge is -2.11. The zero-order chi connectivity index (χ0) is 13.1. The first-order valence-electron chi connectivity index (χ1n) is 4.87. The highest BCUT2D eigenvalue weighted by molar-refractivity contribution is 9.10. The molecule has 0 saturated heterocycles. The van der Waals surface area contributed by atoms with Gasteiger partial charge in [-0.1, -0.05) is 50.4 Å². The minimum atomic E-state index is -3.54. The Morgan fingerprint density at radius 3 is 2.65 bits per heavy atom. The van der Waals surface area contributed by atoms with Crippen LogP contribution < -0.4 is 4.72 Å². The van der Waals surface area contributed by atoms with E-state index in [9.17, 15) is 8.42 Å². The van der Waals surface area contributed by atoms with Gasteiger partial charge in [-0.3, -0.25) is 0 Å². The van der Waals surface area contributed by atoms with Crippen molar-refractivity contribution in [2.45, 2.75) is 11.8 Å². The molecule has 0 bridgehead atoms. The molecule has 96 valence electrons. The number of nitrogens with one attached hydrogen (secondary N) is 1. The zero-order valence-electron chi connectivity index (χ0n) is 9.08. The average molecular weight is 406 g/mol. The molecule has 0 aliphatic carbocycles. The number of halogens is 3. The van der Waals surface area contributed by atoms with Crippen molar-refractivity contribution in [2.24, 2.45) is 5.92 Å². The van der Waals surface area contributed by atoms with Crippen LogP contribution in [0.4, 0.5) is 0 Å². The molecule has 0 spiro atoms. The molecule has 7 heteroatoms. The number of hydrogen-bond donors (Lipinski definition) is 1. The van der Waals surface area contributed by atoms with Gasteiger partial charge in [0.2, 0.25) is 10.0 Å². The second kappa shape index (κ2) is 6.52. The van der Waals surface area contributed by atoms with E-state index < -0.39 is 10.0 Å². The molecule has 0 radical (unpaired) electrons. The molecular formula is C10H12Br2ClNO2S. The summed E-state index contributed by atoms with van der Waals surface area (Å²) in [6.07, 6.45) is 0. The lowest BCUT2D eigenvalue weighted by atomic mass is 10.2. The Labute approximate surface area is 123 Å². The summed E-state index contributed by atoms with van der Waals surface area (Å²) in [4.78, 5) is 0.101. The zero-order valence-corrected chi connectivity index (χ0v) is 13.8. The van der Waals surface area contributed by atoms with Crippen LogP contribution >= 0.6 is 43.5 Å². The van der Waals surface area contributed by atoms with Crippen molar-refractivity contribution in [3.8, 4) is 0 Å². The summed E-state index contributed by atoms with van der Waals surface area (Å²) in [5.41, 5.74) is 0. The van der Waals surface area contributed by atoms with Crippen LogP contribution in [0, 0.1) is 5.92 Å². The van der Waals surface area contributed by atoms with E-state index >= 15 is 0 Å². The van der Waals surface area contributed by atoms with Crippen molar-refractivity contribution < 1.29 is 8.42 Å². The molecule has 0 aliphatic rings. The molecule has 0 aliphatic heterocycles. The Morgan fingerprint density at radius 2 is 2.12 bits per heavy atom. The smallest absolute Gasteiger partial charge is 0.211 e. The van der Waals surface area contributed by atoms with E-state index in [1.165, 1.54) is 6.07 Å². The summed E-state index contributed by atoms with van der Waals surface area (Å²) in [5.74, 6) is 0.221. The number of hydrogen-bond acceptors (Lipinski definition) is 2. The van der Waals surface area contributed by atoms with E-state index in [4.69, 9.17) is 11.6 Å². The van der Waals surface area contributed by atoms with E-state index in [2.05, 4.69) is 36.6 Å². The monoisotopic (exact) mass is 403 g/mol. The minimum Gasteiger partial charge on any atom is -0.211 e. The molecular weight excluding hydrogens is 393 g/mol. The molecule has 1 atom stereocenters. The van der Waals surface area contributed by atoms with E-state index in [-0.39, 0.29) is 15.8 Å². The largest absolute Gasteiger partial charge is 0.242 e. The minimum absolute atomic E-state index is 0.101. The molecule has 1 aromatic carbocycles. The summed E-state index contributed by atoms with van der Waals surface area (Å²) in [6.45, 7) is 2.32. The molecule has 1 rings (SSSR count). The predicted molar refractivity (Wildman–Crippen MR) is 77.3 cm³/mol. The third kappa shape index (κ3) is 4.52. The van der Waals surface area contributed by atoms with Gasteiger partial charge in [-0.05, 0) is 24.1 Å². The van der Waals surface area contributed by atoms with Crippen LogP contribution in [0.15, 0.2) is 27.6 Å². The van der Waals surface area contributed by atoms with Gasteiger partial charge in [0.25, 0.3) is 0 Å². The Morgan fingerprint density at radius 1 is 1.47 bits per heavy atom. The SMILES string of the molecule is CC(CBr)CNS(=O)(=O)c1ccc(Br)cc1Cl. The summed E-state index contributed by atoms with van der Waals surface area (Å²) in [6, 6.07) is 4.69. The van der Waals surface area contributed by atoms with E-state index in [0.29, 0.717) is 6.54 Å². The number of rotatable bonds is 5. The van der Waals surface area contributed by atoms with Gasteiger partial charge in [0.05, 0.1) is 5.02 Å². The maximum atomic E-state index is 12.0.